The van der Waals surface area contributed by atoms with Gasteiger partial charge in [0.05, 0.1) is 16.3 Å². The maximum absolute atomic E-state index is 12.5. The lowest BCUT2D eigenvalue weighted by Crippen LogP contribution is -2.41. The highest BCUT2D eigenvalue weighted by Gasteiger charge is 2.29. The molecule has 29 heavy (non-hydrogen) atoms. The summed E-state index contributed by atoms with van der Waals surface area (Å²) < 4.78 is 26.0. The van der Waals surface area contributed by atoms with Crippen molar-refractivity contribution in [3.63, 3.8) is 0 Å². The Kier molecular flexibility index (Phi) is 6.23. The maximum atomic E-state index is 12.5. The molecule has 0 bridgehead atoms. The van der Waals surface area contributed by atoms with Crippen LogP contribution in [0.2, 0.25) is 5.02 Å². The monoisotopic (exact) mass is 453 g/mol. The summed E-state index contributed by atoms with van der Waals surface area (Å²) in [5, 5.41) is 3.25. The third kappa shape index (κ3) is 4.58. The van der Waals surface area contributed by atoms with Crippen molar-refractivity contribution in [1.82, 2.24) is 4.31 Å². The van der Waals surface area contributed by atoms with Crippen molar-refractivity contribution in [2.75, 3.05) is 36.6 Å². The predicted molar refractivity (Wildman–Crippen MR) is 115 cm³/mol. The Labute approximate surface area is 179 Å². The highest BCUT2D eigenvalue weighted by atomic mass is 35.5. The van der Waals surface area contributed by atoms with Crippen LogP contribution in [0.25, 0.3) is 0 Å². The summed E-state index contributed by atoms with van der Waals surface area (Å²) in [5.41, 5.74) is 1.82. The van der Waals surface area contributed by atoms with Crippen molar-refractivity contribution < 1.29 is 18.0 Å². The first-order valence-electron chi connectivity index (χ1n) is 8.65. The van der Waals surface area contributed by atoms with E-state index >= 15 is 0 Å². The number of thioether (sulfide) groups is 1. The van der Waals surface area contributed by atoms with Crippen LogP contribution >= 0.6 is 23.4 Å². The van der Waals surface area contributed by atoms with Crippen molar-refractivity contribution >= 4 is 56.6 Å². The number of anilines is 2. The fraction of sp³-hybridized carbons (Fsp3) is 0.263. The van der Waals surface area contributed by atoms with E-state index in [-0.39, 0.29) is 23.1 Å². The maximum Gasteiger partial charge on any atom is 0.244 e. The second-order valence-corrected chi connectivity index (χ2v) is 10.3. The van der Waals surface area contributed by atoms with Gasteiger partial charge in [0.25, 0.3) is 0 Å². The van der Waals surface area contributed by atoms with Gasteiger partial charge in [-0.25, -0.2) is 12.7 Å². The number of fused-ring (bicyclic) bond motifs is 1. The number of rotatable bonds is 5. The van der Waals surface area contributed by atoms with Crippen LogP contribution in [0.3, 0.4) is 0 Å². The number of sulfonamides is 1. The van der Waals surface area contributed by atoms with Crippen LogP contribution in [0, 0.1) is 6.92 Å². The molecule has 154 valence electrons. The number of aryl methyl sites for hydroxylation is 1. The van der Waals surface area contributed by atoms with Gasteiger partial charge in [0.1, 0.15) is 6.54 Å². The molecule has 0 radical (unpaired) electrons. The fourth-order valence-corrected chi connectivity index (χ4v) is 4.76. The van der Waals surface area contributed by atoms with Crippen molar-refractivity contribution in [3.05, 3.63) is 47.0 Å². The van der Waals surface area contributed by atoms with Crippen LogP contribution in [0.5, 0.6) is 0 Å². The minimum absolute atomic E-state index is 0.0623. The normalized spacial score (nSPS) is 14.1. The molecule has 2 aromatic carbocycles. The highest BCUT2D eigenvalue weighted by molar-refractivity contribution is 8.00. The molecule has 1 heterocycles. The quantitative estimate of drug-likeness (QED) is 0.752. The minimum atomic E-state index is -3.67. The molecule has 2 aromatic rings. The van der Waals surface area contributed by atoms with Gasteiger partial charge in [-0.2, -0.15) is 0 Å². The van der Waals surface area contributed by atoms with Gasteiger partial charge in [-0.15, -0.1) is 11.8 Å². The average molecular weight is 454 g/mol. The molecule has 3 rings (SSSR count). The van der Waals surface area contributed by atoms with E-state index in [1.165, 1.54) is 42.9 Å². The third-order valence-electron chi connectivity index (χ3n) is 4.41. The van der Waals surface area contributed by atoms with Crippen molar-refractivity contribution in [2.24, 2.45) is 0 Å². The Hall–Kier alpha value is -2.07. The van der Waals surface area contributed by atoms with Gasteiger partial charge in [-0.1, -0.05) is 17.7 Å². The second-order valence-electron chi connectivity index (χ2n) is 6.70. The van der Waals surface area contributed by atoms with Crippen molar-refractivity contribution in [1.29, 1.82) is 0 Å². The van der Waals surface area contributed by atoms with Gasteiger partial charge in [-0.05, 0) is 42.8 Å². The molecule has 2 amide bonds. The number of carbonyl (C=O) groups is 2. The molecule has 7 nitrogen and oxygen atoms in total. The number of halogens is 1. The third-order valence-corrected chi connectivity index (χ3v) is 7.68. The summed E-state index contributed by atoms with van der Waals surface area (Å²) in [7, 11) is -0.792. The van der Waals surface area contributed by atoms with E-state index in [1.807, 2.05) is 6.92 Å². The van der Waals surface area contributed by atoms with E-state index in [4.69, 9.17) is 11.6 Å². The summed E-state index contributed by atoms with van der Waals surface area (Å²) in [5.74, 6) is -0.493. The lowest BCUT2D eigenvalue weighted by Gasteiger charge is -2.29. The van der Waals surface area contributed by atoms with Crippen LogP contribution in [-0.4, -0.2) is 50.9 Å². The Morgan fingerprint density at radius 1 is 1.24 bits per heavy atom. The Bertz CT molecular complexity index is 1090. The molecular formula is C19H20ClN3O4S2. The first-order valence-corrected chi connectivity index (χ1v) is 11.5. The molecule has 0 saturated carbocycles. The number of nitrogens with one attached hydrogen (secondary N) is 1. The van der Waals surface area contributed by atoms with E-state index in [0.717, 1.165) is 14.8 Å². The van der Waals surface area contributed by atoms with Crippen LogP contribution in [-0.2, 0) is 19.6 Å². The van der Waals surface area contributed by atoms with Crippen LogP contribution in [0.1, 0.15) is 5.56 Å². The second kappa shape index (κ2) is 8.35. The molecule has 0 atom stereocenters. The minimum Gasteiger partial charge on any atom is -0.324 e. The lowest BCUT2D eigenvalue weighted by molar-refractivity contribution is -0.120. The van der Waals surface area contributed by atoms with E-state index in [9.17, 15) is 18.0 Å². The van der Waals surface area contributed by atoms with Crippen LogP contribution < -0.4 is 10.2 Å². The number of hydrogen-bond donors (Lipinski definition) is 1. The van der Waals surface area contributed by atoms with Gasteiger partial charge in [0.15, 0.2) is 0 Å². The first kappa shape index (κ1) is 21.6. The van der Waals surface area contributed by atoms with E-state index in [1.54, 1.807) is 24.3 Å². The van der Waals surface area contributed by atoms with Gasteiger partial charge in [0.2, 0.25) is 21.8 Å². The molecule has 1 aliphatic rings. The molecule has 0 aliphatic carbocycles. The molecule has 0 fully saturated rings. The van der Waals surface area contributed by atoms with E-state index < -0.39 is 15.9 Å². The topological polar surface area (TPSA) is 86.8 Å². The Morgan fingerprint density at radius 2 is 1.97 bits per heavy atom. The summed E-state index contributed by atoms with van der Waals surface area (Å²) in [6.07, 6.45) is 0. The average Bonchev–Trinajstić information content (AvgIpc) is 2.66. The summed E-state index contributed by atoms with van der Waals surface area (Å²) in [4.78, 5) is 27.1. The molecule has 1 N–H and O–H groups in total. The number of hydrogen-bond acceptors (Lipinski definition) is 5. The zero-order valence-electron chi connectivity index (χ0n) is 16.1. The molecule has 0 spiro atoms. The Balaban J connectivity index is 1.87. The largest absolute Gasteiger partial charge is 0.324 e. The summed E-state index contributed by atoms with van der Waals surface area (Å²) >= 11 is 7.40. The number of nitrogens with zero attached hydrogens (tertiary/aromatic N) is 2. The summed E-state index contributed by atoms with van der Waals surface area (Å²) in [6.45, 7) is 1.62. The smallest absolute Gasteiger partial charge is 0.244 e. The fourth-order valence-electron chi connectivity index (χ4n) is 2.74. The SMILES string of the molecule is Cc1ccc(NC(=O)CN2C(=O)CSc3ccc(S(=O)(=O)N(C)C)cc32)cc1Cl. The molecular weight excluding hydrogens is 434 g/mol. The van der Waals surface area contributed by atoms with Gasteiger partial charge < -0.3 is 10.2 Å². The lowest BCUT2D eigenvalue weighted by atomic mass is 10.2. The van der Waals surface area contributed by atoms with E-state index in [0.29, 0.717) is 16.4 Å². The number of carbonyl (C=O) groups excluding carboxylic acids is 2. The standard InChI is InChI=1S/C19H20ClN3O4S2/c1-12-4-5-13(8-15(12)20)21-18(24)10-23-16-9-14(29(26,27)22(2)3)6-7-17(16)28-11-19(23)25/h4-9H,10-11H2,1-3H3,(H,21,24). The van der Waals surface area contributed by atoms with Crippen molar-refractivity contribution in [2.45, 2.75) is 16.7 Å². The zero-order valence-corrected chi connectivity index (χ0v) is 18.5. The molecule has 1 aliphatic heterocycles. The first-order chi connectivity index (χ1) is 13.6. The number of amides is 2. The molecule has 10 heteroatoms. The molecule has 0 unspecified atom stereocenters. The predicted octanol–water partition coefficient (Wildman–Crippen LogP) is 2.98. The van der Waals surface area contributed by atoms with Gasteiger partial charge in [-0.3, -0.25) is 9.59 Å². The van der Waals surface area contributed by atoms with Gasteiger partial charge in [0, 0.05) is 29.7 Å². The molecule has 0 saturated heterocycles. The molecule has 0 aromatic heterocycles. The van der Waals surface area contributed by atoms with Gasteiger partial charge >= 0.3 is 0 Å². The van der Waals surface area contributed by atoms with Crippen LogP contribution in [0.15, 0.2) is 46.2 Å². The zero-order chi connectivity index (χ0) is 21.3. The summed E-state index contributed by atoms with van der Waals surface area (Å²) in [6, 6.07) is 9.75. The Morgan fingerprint density at radius 3 is 2.62 bits per heavy atom. The van der Waals surface area contributed by atoms with Crippen molar-refractivity contribution in [3.8, 4) is 0 Å². The highest BCUT2D eigenvalue weighted by Crippen LogP contribution is 2.37. The van der Waals surface area contributed by atoms with E-state index in [2.05, 4.69) is 5.32 Å². The number of benzene rings is 2. The van der Waals surface area contributed by atoms with Crippen LogP contribution in [0.4, 0.5) is 11.4 Å².